The number of rotatable bonds is 6. The third-order valence-electron chi connectivity index (χ3n) is 4.40. The maximum atomic E-state index is 12.3. The summed E-state index contributed by atoms with van der Waals surface area (Å²) in [5.74, 6) is -1.55. The Balaban J connectivity index is 2.06. The number of benzene rings is 1. The molecule has 1 fully saturated rings. The van der Waals surface area contributed by atoms with Gasteiger partial charge in [-0.15, -0.1) is 0 Å². The predicted octanol–water partition coefficient (Wildman–Crippen LogP) is 0.393. The molecule has 1 heterocycles. The maximum Gasteiger partial charge on any atom is 0.338 e. The lowest BCUT2D eigenvalue weighted by atomic mass is 10.2. The number of sulfone groups is 1. The Morgan fingerprint density at radius 2 is 1.89 bits per heavy atom. The first-order chi connectivity index (χ1) is 12.8. The number of likely N-dealkylation sites (N-methyl/N-ethyl adjacent to an activating group) is 1. The summed E-state index contributed by atoms with van der Waals surface area (Å²) in [4.78, 5) is 25.4. The molecule has 2 rings (SSSR count). The second-order valence-corrected chi connectivity index (χ2v) is 11.3. The molecule has 0 aliphatic carbocycles. The number of esters is 1. The van der Waals surface area contributed by atoms with Gasteiger partial charge in [0.2, 0.25) is 10.0 Å². The van der Waals surface area contributed by atoms with E-state index >= 15 is 0 Å². The van der Waals surface area contributed by atoms with Gasteiger partial charge in [0.05, 0.1) is 22.1 Å². The fraction of sp³-hybridized carbons (Fsp3) is 0.500. The van der Waals surface area contributed by atoms with Crippen LogP contribution >= 0.6 is 11.6 Å². The van der Waals surface area contributed by atoms with E-state index in [4.69, 9.17) is 16.3 Å². The van der Waals surface area contributed by atoms with Crippen molar-refractivity contribution in [2.45, 2.75) is 17.4 Å². The van der Waals surface area contributed by atoms with Crippen LogP contribution in [0.15, 0.2) is 23.1 Å². The highest BCUT2D eigenvalue weighted by atomic mass is 35.5. The molecule has 1 saturated heterocycles. The van der Waals surface area contributed by atoms with Crippen LogP contribution in [-0.4, -0.2) is 83.2 Å². The van der Waals surface area contributed by atoms with Crippen LogP contribution in [0.3, 0.4) is 0 Å². The summed E-state index contributed by atoms with van der Waals surface area (Å²) in [6.07, 6.45) is 0.335. The van der Waals surface area contributed by atoms with Gasteiger partial charge in [0.25, 0.3) is 5.91 Å². The molecule has 0 spiro atoms. The molecular formula is C16H21ClN2O7S2. The number of hydrogen-bond donors (Lipinski definition) is 0. The molecule has 12 heteroatoms. The third kappa shape index (κ3) is 5.02. The SMILES string of the molecule is CN(C(=O)COC(=O)c1ccc(Cl)c(S(=O)(=O)N(C)C)c1)C1CCS(=O)(=O)C1. The van der Waals surface area contributed by atoms with Gasteiger partial charge in [0, 0.05) is 27.2 Å². The zero-order valence-electron chi connectivity index (χ0n) is 15.6. The standard InChI is InChI=1S/C16H21ClN2O7S2/c1-18(2)28(24,25)14-8-11(4-5-13(14)17)16(21)26-9-15(20)19(3)12-6-7-27(22,23)10-12/h4-5,8,12H,6-7,9-10H2,1-3H3. The van der Waals surface area contributed by atoms with Crippen molar-refractivity contribution in [1.82, 2.24) is 9.21 Å². The van der Waals surface area contributed by atoms with Gasteiger partial charge in [-0.3, -0.25) is 4.79 Å². The maximum absolute atomic E-state index is 12.3. The molecule has 0 N–H and O–H groups in total. The van der Waals surface area contributed by atoms with Crippen LogP contribution in [-0.2, 0) is 29.4 Å². The average molecular weight is 453 g/mol. The van der Waals surface area contributed by atoms with E-state index < -0.39 is 44.4 Å². The van der Waals surface area contributed by atoms with Crippen LogP contribution in [0.4, 0.5) is 0 Å². The quantitative estimate of drug-likeness (QED) is 0.573. The summed E-state index contributed by atoms with van der Waals surface area (Å²) in [5, 5.41) is -0.0523. The number of hydrogen-bond acceptors (Lipinski definition) is 7. The molecule has 0 saturated carbocycles. The molecule has 28 heavy (non-hydrogen) atoms. The molecule has 1 aromatic rings. The van der Waals surface area contributed by atoms with Crippen LogP contribution < -0.4 is 0 Å². The first kappa shape index (κ1) is 22.6. The first-order valence-electron chi connectivity index (χ1n) is 8.20. The predicted molar refractivity (Wildman–Crippen MR) is 102 cm³/mol. The van der Waals surface area contributed by atoms with E-state index in [1.54, 1.807) is 0 Å². The summed E-state index contributed by atoms with van der Waals surface area (Å²) < 4.78 is 53.5. The normalized spacial score (nSPS) is 18.8. The number of nitrogens with zero attached hydrogens (tertiary/aromatic N) is 2. The fourth-order valence-electron chi connectivity index (χ4n) is 2.62. The summed E-state index contributed by atoms with van der Waals surface area (Å²) in [6.45, 7) is -0.593. The minimum Gasteiger partial charge on any atom is -0.452 e. The van der Waals surface area contributed by atoms with E-state index in [0.29, 0.717) is 6.42 Å². The molecule has 1 atom stereocenters. The van der Waals surface area contributed by atoms with Gasteiger partial charge < -0.3 is 9.64 Å². The number of amides is 1. The van der Waals surface area contributed by atoms with Gasteiger partial charge in [-0.25, -0.2) is 25.9 Å². The van der Waals surface area contributed by atoms with Crippen LogP contribution in [0.1, 0.15) is 16.8 Å². The second-order valence-electron chi connectivity index (χ2n) is 6.57. The van der Waals surface area contributed by atoms with Gasteiger partial charge in [-0.05, 0) is 24.6 Å². The minimum absolute atomic E-state index is 0.0168. The van der Waals surface area contributed by atoms with Crippen molar-refractivity contribution in [2.75, 3.05) is 39.3 Å². The monoisotopic (exact) mass is 452 g/mol. The highest BCUT2D eigenvalue weighted by molar-refractivity contribution is 7.91. The van der Waals surface area contributed by atoms with Crippen molar-refractivity contribution >= 4 is 43.3 Å². The smallest absolute Gasteiger partial charge is 0.338 e. The zero-order valence-corrected chi connectivity index (χ0v) is 18.0. The Hall–Kier alpha value is -1.69. The number of ether oxygens (including phenoxy) is 1. The fourth-order valence-corrected chi connectivity index (χ4v) is 5.79. The lowest BCUT2D eigenvalue weighted by Crippen LogP contribution is -2.40. The molecule has 1 unspecified atom stereocenters. The summed E-state index contributed by atoms with van der Waals surface area (Å²) in [6, 6.07) is 3.17. The van der Waals surface area contributed by atoms with Crippen molar-refractivity contribution in [3.8, 4) is 0 Å². The summed E-state index contributed by atoms with van der Waals surface area (Å²) >= 11 is 5.93. The van der Waals surface area contributed by atoms with E-state index in [2.05, 4.69) is 0 Å². The van der Waals surface area contributed by atoms with Gasteiger partial charge in [0.1, 0.15) is 4.90 Å². The Morgan fingerprint density at radius 3 is 2.43 bits per heavy atom. The Bertz CT molecular complexity index is 990. The lowest BCUT2D eigenvalue weighted by molar-refractivity contribution is -0.134. The van der Waals surface area contributed by atoms with Crippen molar-refractivity contribution in [3.63, 3.8) is 0 Å². The van der Waals surface area contributed by atoms with Gasteiger partial charge in [-0.2, -0.15) is 0 Å². The molecule has 0 aromatic heterocycles. The third-order valence-corrected chi connectivity index (χ3v) is 8.45. The molecule has 0 bridgehead atoms. The van der Waals surface area contributed by atoms with Crippen molar-refractivity contribution in [3.05, 3.63) is 28.8 Å². The number of carbonyl (C=O) groups excluding carboxylic acids is 2. The Labute approximate surface area is 169 Å². The summed E-state index contributed by atoms with van der Waals surface area (Å²) in [5.41, 5.74) is -0.0799. The van der Waals surface area contributed by atoms with E-state index in [1.807, 2.05) is 0 Å². The zero-order chi connectivity index (χ0) is 21.3. The van der Waals surface area contributed by atoms with Crippen LogP contribution in [0.2, 0.25) is 5.02 Å². The molecule has 0 radical (unpaired) electrons. The van der Waals surface area contributed by atoms with Crippen LogP contribution in [0.5, 0.6) is 0 Å². The van der Waals surface area contributed by atoms with Crippen LogP contribution in [0.25, 0.3) is 0 Å². The van der Waals surface area contributed by atoms with Gasteiger partial charge in [-0.1, -0.05) is 11.6 Å². The van der Waals surface area contributed by atoms with Gasteiger partial charge in [0.15, 0.2) is 16.4 Å². The van der Waals surface area contributed by atoms with E-state index in [0.717, 1.165) is 10.4 Å². The second kappa shape index (κ2) is 8.36. The van der Waals surface area contributed by atoms with Crippen molar-refractivity contribution < 1.29 is 31.2 Å². The Kier molecular flexibility index (Phi) is 6.74. The number of carbonyl (C=O) groups is 2. The molecule has 9 nitrogen and oxygen atoms in total. The average Bonchev–Trinajstić information content (AvgIpc) is 2.98. The van der Waals surface area contributed by atoms with E-state index in [1.165, 1.54) is 38.2 Å². The van der Waals surface area contributed by atoms with Crippen molar-refractivity contribution in [1.29, 1.82) is 0 Å². The minimum atomic E-state index is -3.87. The van der Waals surface area contributed by atoms with E-state index in [9.17, 15) is 26.4 Å². The largest absolute Gasteiger partial charge is 0.452 e. The molecule has 156 valence electrons. The first-order valence-corrected chi connectivity index (χ1v) is 11.8. The molecular weight excluding hydrogens is 432 g/mol. The van der Waals surface area contributed by atoms with Crippen LogP contribution in [0, 0.1) is 0 Å². The molecule has 1 aliphatic rings. The summed E-state index contributed by atoms with van der Waals surface area (Å²) in [7, 11) is -2.92. The lowest BCUT2D eigenvalue weighted by Gasteiger charge is -2.23. The topological polar surface area (TPSA) is 118 Å². The van der Waals surface area contributed by atoms with E-state index in [-0.39, 0.29) is 27.0 Å². The highest BCUT2D eigenvalue weighted by Gasteiger charge is 2.33. The Morgan fingerprint density at radius 1 is 1.25 bits per heavy atom. The number of halogens is 1. The molecule has 1 aromatic carbocycles. The number of sulfonamides is 1. The highest BCUT2D eigenvalue weighted by Crippen LogP contribution is 2.25. The van der Waals surface area contributed by atoms with Gasteiger partial charge >= 0.3 is 5.97 Å². The molecule has 1 amide bonds. The van der Waals surface area contributed by atoms with Crippen molar-refractivity contribution in [2.24, 2.45) is 0 Å². The molecule has 1 aliphatic heterocycles.